The minimum absolute atomic E-state index is 0.148. The van der Waals surface area contributed by atoms with Crippen LogP contribution in [-0.4, -0.2) is 9.97 Å². The summed E-state index contributed by atoms with van der Waals surface area (Å²) in [7, 11) is 0. The van der Waals surface area contributed by atoms with Crippen LogP contribution in [0.4, 0.5) is 4.39 Å². The van der Waals surface area contributed by atoms with Crippen LogP contribution < -0.4 is 0 Å². The Labute approximate surface area is 125 Å². The molecule has 19 heavy (non-hydrogen) atoms. The van der Waals surface area contributed by atoms with Gasteiger partial charge in [0.05, 0.1) is 0 Å². The monoisotopic (exact) mass is 318 g/mol. The van der Waals surface area contributed by atoms with Crippen LogP contribution in [-0.2, 0) is 12.8 Å². The molecule has 0 N–H and O–H groups in total. The molecule has 0 aliphatic heterocycles. The number of rotatable bonds is 3. The maximum atomic E-state index is 13.7. The molecule has 0 bridgehead atoms. The van der Waals surface area contributed by atoms with Gasteiger partial charge < -0.3 is 0 Å². The SMILES string of the molecule is CCc1c(Cl)nc(Cc2c(F)cccc2Cl)nc1Cl. The van der Waals surface area contributed by atoms with Gasteiger partial charge in [-0.1, -0.05) is 47.8 Å². The Morgan fingerprint density at radius 2 is 1.68 bits per heavy atom. The summed E-state index contributed by atoms with van der Waals surface area (Å²) in [6, 6.07) is 4.50. The Bertz CT molecular complexity index is 574. The van der Waals surface area contributed by atoms with Crippen LogP contribution in [0.2, 0.25) is 15.3 Å². The second-order valence-electron chi connectivity index (χ2n) is 3.93. The van der Waals surface area contributed by atoms with Crippen molar-refractivity contribution in [1.29, 1.82) is 0 Å². The van der Waals surface area contributed by atoms with Crippen molar-refractivity contribution in [2.45, 2.75) is 19.8 Å². The van der Waals surface area contributed by atoms with E-state index in [1.54, 1.807) is 12.1 Å². The topological polar surface area (TPSA) is 25.8 Å². The maximum absolute atomic E-state index is 13.7. The van der Waals surface area contributed by atoms with E-state index in [-0.39, 0.29) is 6.42 Å². The van der Waals surface area contributed by atoms with Crippen molar-refractivity contribution >= 4 is 34.8 Å². The van der Waals surface area contributed by atoms with Crippen molar-refractivity contribution in [2.24, 2.45) is 0 Å². The van der Waals surface area contributed by atoms with Gasteiger partial charge in [0.2, 0.25) is 0 Å². The lowest BCUT2D eigenvalue weighted by Crippen LogP contribution is -2.03. The smallest absolute Gasteiger partial charge is 0.137 e. The van der Waals surface area contributed by atoms with Crippen LogP contribution >= 0.6 is 34.8 Å². The fraction of sp³-hybridized carbons (Fsp3) is 0.231. The third kappa shape index (κ3) is 3.16. The summed E-state index contributed by atoms with van der Waals surface area (Å²) in [5.74, 6) is -0.0536. The molecule has 1 heterocycles. The van der Waals surface area contributed by atoms with Gasteiger partial charge in [0.15, 0.2) is 0 Å². The van der Waals surface area contributed by atoms with Crippen LogP contribution in [0.25, 0.3) is 0 Å². The molecule has 0 saturated heterocycles. The molecule has 0 spiro atoms. The maximum Gasteiger partial charge on any atom is 0.137 e. The van der Waals surface area contributed by atoms with Gasteiger partial charge in [-0.2, -0.15) is 0 Å². The van der Waals surface area contributed by atoms with Gasteiger partial charge >= 0.3 is 0 Å². The van der Waals surface area contributed by atoms with E-state index in [0.29, 0.717) is 38.7 Å². The first-order valence-electron chi connectivity index (χ1n) is 5.66. The molecule has 100 valence electrons. The Kier molecular flexibility index (Phi) is 4.61. The van der Waals surface area contributed by atoms with E-state index in [9.17, 15) is 4.39 Å². The van der Waals surface area contributed by atoms with E-state index in [2.05, 4.69) is 9.97 Å². The number of halogens is 4. The number of hydrogen-bond acceptors (Lipinski definition) is 2. The van der Waals surface area contributed by atoms with Crippen molar-refractivity contribution < 1.29 is 4.39 Å². The minimum atomic E-state index is -0.400. The van der Waals surface area contributed by atoms with Gasteiger partial charge in [0.1, 0.15) is 21.9 Å². The Morgan fingerprint density at radius 3 is 2.21 bits per heavy atom. The number of hydrogen-bond donors (Lipinski definition) is 0. The summed E-state index contributed by atoms with van der Waals surface area (Å²) in [6.45, 7) is 1.91. The summed E-state index contributed by atoms with van der Waals surface area (Å²) in [6.07, 6.45) is 0.785. The number of benzene rings is 1. The molecule has 0 unspecified atom stereocenters. The lowest BCUT2D eigenvalue weighted by atomic mass is 10.1. The Morgan fingerprint density at radius 1 is 1.05 bits per heavy atom. The van der Waals surface area contributed by atoms with E-state index in [1.165, 1.54) is 6.07 Å². The van der Waals surface area contributed by atoms with E-state index in [4.69, 9.17) is 34.8 Å². The fourth-order valence-electron chi connectivity index (χ4n) is 1.70. The number of aromatic nitrogens is 2. The predicted molar refractivity (Wildman–Crippen MR) is 75.6 cm³/mol. The zero-order valence-corrected chi connectivity index (χ0v) is 12.3. The first-order valence-corrected chi connectivity index (χ1v) is 6.80. The van der Waals surface area contributed by atoms with E-state index >= 15 is 0 Å². The standard InChI is InChI=1S/C13H10Cl3FN2/c1-2-7-12(15)18-11(19-13(7)16)6-8-9(14)4-3-5-10(8)17/h3-5H,2,6H2,1H3. The summed E-state index contributed by atoms with van der Waals surface area (Å²) in [5.41, 5.74) is 1.02. The Balaban J connectivity index is 2.39. The Hall–Kier alpha value is -0.900. The average molecular weight is 320 g/mol. The van der Waals surface area contributed by atoms with Crippen LogP contribution in [0.5, 0.6) is 0 Å². The molecule has 6 heteroatoms. The van der Waals surface area contributed by atoms with Crippen LogP contribution in [0.1, 0.15) is 23.9 Å². The molecule has 2 aromatic rings. The third-order valence-electron chi connectivity index (χ3n) is 2.70. The molecule has 0 aliphatic rings. The van der Waals surface area contributed by atoms with Gasteiger partial charge in [-0.15, -0.1) is 0 Å². The lowest BCUT2D eigenvalue weighted by molar-refractivity contribution is 0.612. The second-order valence-corrected chi connectivity index (χ2v) is 5.05. The molecular weight excluding hydrogens is 310 g/mol. The van der Waals surface area contributed by atoms with Crippen LogP contribution in [0.15, 0.2) is 18.2 Å². The van der Waals surface area contributed by atoms with E-state index in [1.807, 2.05) is 6.92 Å². The largest absolute Gasteiger partial charge is 0.220 e. The van der Waals surface area contributed by atoms with Gasteiger partial charge in [0.25, 0.3) is 0 Å². The van der Waals surface area contributed by atoms with Crippen LogP contribution in [0.3, 0.4) is 0 Å². The summed E-state index contributed by atoms with van der Waals surface area (Å²) >= 11 is 18.0. The molecule has 0 amide bonds. The highest BCUT2D eigenvalue weighted by Gasteiger charge is 2.13. The zero-order chi connectivity index (χ0) is 14.0. The second kappa shape index (κ2) is 6.04. The highest BCUT2D eigenvalue weighted by Crippen LogP contribution is 2.25. The van der Waals surface area contributed by atoms with Crippen molar-refractivity contribution in [3.63, 3.8) is 0 Å². The van der Waals surface area contributed by atoms with Crippen molar-refractivity contribution in [2.75, 3.05) is 0 Å². The van der Waals surface area contributed by atoms with Crippen molar-refractivity contribution in [3.05, 3.63) is 56.3 Å². The molecule has 0 aliphatic carbocycles. The van der Waals surface area contributed by atoms with Gasteiger partial charge in [0, 0.05) is 22.6 Å². The van der Waals surface area contributed by atoms with Gasteiger partial charge in [-0.05, 0) is 18.6 Å². The first kappa shape index (κ1) is 14.5. The van der Waals surface area contributed by atoms with E-state index in [0.717, 1.165) is 0 Å². The highest BCUT2D eigenvalue weighted by atomic mass is 35.5. The molecule has 0 fully saturated rings. The molecule has 1 aromatic carbocycles. The highest BCUT2D eigenvalue weighted by molar-refractivity contribution is 6.34. The molecule has 0 radical (unpaired) electrons. The van der Waals surface area contributed by atoms with Crippen molar-refractivity contribution in [1.82, 2.24) is 9.97 Å². The summed E-state index contributed by atoms with van der Waals surface area (Å²) in [4.78, 5) is 8.25. The molecular formula is C13H10Cl3FN2. The molecule has 0 atom stereocenters. The summed E-state index contributed by atoms with van der Waals surface area (Å²) in [5, 5.41) is 0.922. The molecule has 0 saturated carbocycles. The average Bonchev–Trinajstić information content (AvgIpc) is 2.34. The van der Waals surface area contributed by atoms with Crippen LogP contribution in [0, 0.1) is 5.82 Å². The molecule has 1 aromatic heterocycles. The fourth-order valence-corrected chi connectivity index (χ4v) is 2.62. The first-order chi connectivity index (χ1) is 9.02. The van der Waals surface area contributed by atoms with Gasteiger partial charge in [-0.3, -0.25) is 0 Å². The summed E-state index contributed by atoms with van der Waals surface area (Å²) < 4.78 is 13.7. The normalized spacial score (nSPS) is 10.8. The third-order valence-corrected chi connectivity index (χ3v) is 3.68. The van der Waals surface area contributed by atoms with Gasteiger partial charge in [-0.25, -0.2) is 14.4 Å². The predicted octanol–water partition coefficient (Wildman–Crippen LogP) is 4.73. The molecule has 2 rings (SSSR count). The minimum Gasteiger partial charge on any atom is -0.220 e. The zero-order valence-electron chi connectivity index (χ0n) is 10.1. The number of nitrogens with zero attached hydrogens (tertiary/aromatic N) is 2. The van der Waals surface area contributed by atoms with E-state index < -0.39 is 5.82 Å². The quantitative estimate of drug-likeness (QED) is 0.764. The molecule has 2 nitrogen and oxygen atoms in total. The van der Waals surface area contributed by atoms with Crippen molar-refractivity contribution in [3.8, 4) is 0 Å². The lowest BCUT2D eigenvalue weighted by Gasteiger charge is -2.08.